The largest absolute Gasteiger partial charge is 0.496 e. The molecule has 16 heavy (non-hydrogen) atoms. The van der Waals surface area contributed by atoms with Crippen LogP contribution in [0.25, 0.3) is 0 Å². The fraction of sp³-hybridized carbons (Fsp3) is 0.500. The molecule has 1 heterocycles. The first-order chi connectivity index (χ1) is 7.63. The minimum atomic E-state index is -0.122. The van der Waals surface area contributed by atoms with Crippen LogP contribution in [0.4, 0.5) is 0 Å². The molecule has 2 rings (SSSR count). The summed E-state index contributed by atoms with van der Waals surface area (Å²) in [6.07, 6.45) is 0. The van der Waals surface area contributed by atoms with Crippen molar-refractivity contribution in [3.05, 3.63) is 28.3 Å². The summed E-state index contributed by atoms with van der Waals surface area (Å²) in [7, 11) is 1.66. The molecule has 0 amide bonds. The van der Waals surface area contributed by atoms with Crippen molar-refractivity contribution in [3.63, 3.8) is 0 Å². The van der Waals surface area contributed by atoms with Crippen molar-refractivity contribution in [2.75, 3.05) is 26.9 Å². The number of hydrogen-bond acceptors (Lipinski definition) is 3. The van der Waals surface area contributed by atoms with Gasteiger partial charge >= 0.3 is 0 Å². The maximum atomic E-state index is 6.15. The second-order valence-electron chi connectivity index (χ2n) is 4.28. The summed E-state index contributed by atoms with van der Waals surface area (Å²) < 4.78 is 10.7. The SMILES string of the molecule is COc1cc(C)c(Cl)cc1C1(CN)COC1. The third kappa shape index (κ3) is 1.69. The normalized spacial score (nSPS) is 18.0. The molecule has 1 fully saturated rings. The van der Waals surface area contributed by atoms with Gasteiger partial charge in [0.15, 0.2) is 0 Å². The summed E-state index contributed by atoms with van der Waals surface area (Å²) in [5.41, 5.74) is 7.78. The highest BCUT2D eigenvalue weighted by molar-refractivity contribution is 6.31. The number of aryl methyl sites for hydroxylation is 1. The van der Waals surface area contributed by atoms with E-state index in [1.807, 2.05) is 19.1 Å². The maximum absolute atomic E-state index is 6.15. The molecule has 4 heteroatoms. The standard InChI is InChI=1S/C12H16ClNO2/c1-8-3-11(15-2)9(4-10(8)13)12(5-14)6-16-7-12/h3-4H,5-7,14H2,1-2H3. The Morgan fingerprint density at radius 2 is 2.19 bits per heavy atom. The van der Waals surface area contributed by atoms with Crippen molar-refractivity contribution >= 4 is 11.6 Å². The van der Waals surface area contributed by atoms with Crippen molar-refractivity contribution in [1.29, 1.82) is 0 Å². The summed E-state index contributed by atoms with van der Waals surface area (Å²) in [6.45, 7) is 3.78. The fourth-order valence-electron chi connectivity index (χ4n) is 1.97. The first kappa shape index (κ1) is 11.7. The maximum Gasteiger partial charge on any atom is 0.123 e. The lowest BCUT2D eigenvalue weighted by Gasteiger charge is -2.41. The number of hydrogen-bond donors (Lipinski definition) is 1. The number of benzene rings is 1. The first-order valence-electron chi connectivity index (χ1n) is 5.25. The average Bonchev–Trinajstić information content (AvgIpc) is 2.22. The van der Waals surface area contributed by atoms with Gasteiger partial charge < -0.3 is 15.2 Å². The summed E-state index contributed by atoms with van der Waals surface area (Å²) in [6, 6.07) is 3.90. The van der Waals surface area contributed by atoms with Gasteiger partial charge in [-0.3, -0.25) is 0 Å². The van der Waals surface area contributed by atoms with Crippen LogP contribution < -0.4 is 10.5 Å². The Bertz CT molecular complexity index is 397. The predicted octanol–water partition coefficient (Wildman–Crippen LogP) is 1.88. The highest BCUT2D eigenvalue weighted by Gasteiger charge is 2.41. The van der Waals surface area contributed by atoms with Gasteiger partial charge in [-0.2, -0.15) is 0 Å². The molecular formula is C12H16ClNO2. The summed E-state index contributed by atoms with van der Waals surface area (Å²) in [5, 5.41) is 0.746. The van der Waals surface area contributed by atoms with Gasteiger partial charge in [0.2, 0.25) is 0 Å². The lowest BCUT2D eigenvalue weighted by Crippen LogP contribution is -2.52. The van der Waals surface area contributed by atoms with Crippen molar-refractivity contribution in [2.24, 2.45) is 5.73 Å². The van der Waals surface area contributed by atoms with Crippen LogP contribution >= 0.6 is 11.6 Å². The zero-order valence-corrected chi connectivity index (χ0v) is 10.3. The Kier molecular flexibility index (Phi) is 3.10. The minimum absolute atomic E-state index is 0.122. The highest BCUT2D eigenvalue weighted by Crippen LogP contribution is 2.39. The smallest absolute Gasteiger partial charge is 0.123 e. The van der Waals surface area contributed by atoms with Gasteiger partial charge in [-0.1, -0.05) is 11.6 Å². The molecule has 0 aromatic heterocycles. The predicted molar refractivity (Wildman–Crippen MR) is 64.3 cm³/mol. The number of nitrogens with two attached hydrogens (primary N) is 1. The number of rotatable bonds is 3. The molecule has 0 saturated carbocycles. The van der Waals surface area contributed by atoms with Crippen molar-refractivity contribution in [3.8, 4) is 5.75 Å². The summed E-state index contributed by atoms with van der Waals surface area (Å²) in [5.74, 6) is 0.843. The zero-order chi connectivity index (χ0) is 11.8. The number of halogens is 1. The molecule has 0 bridgehead atoms. The Morgan fingerprint density at radius 1 is 1.50 bits per heavy atom. The highest BCUT2D eigenvalue weighted by atomic mass is 35.5. The van der Waals surface area contributed by atoms with Gasteiger partial charge in [-0.25, -0.2) is 0 Å². The summed E-state index contributed by atoms with van der Waals surface area (Å²) in [4.78, 5) is 0. The van der Waals surface area contributed by atoms with E-state index in [1.165, 1.54) is 0 Å². The number of methoxy groups -OCH3 is 1. The van der Waals surface area contributed by atoms with Gasteiger partial charge in [0.1, 0.15) is 5.75 Å². The van der Waals surface area contributed by atoms with E-state index in [2.05, 4.69) is 0 Å². The Hall–Kier alpha value is -0.770. The van der Waals surface area contributed by atoms with E-state index >= 15 is 0 Å². The Balaban J connectivity index is 2.50. The first-order valence-corrected chi connectivity index (χ1v) is 5.63. The monoisotopic (exact) mass is 241 g/mol. The van der Waals surface area contributed by atoms with Crippen molar-refractivity contribution in [1.82, 2.24) is 0 Å². The van der Waals surface area contributed by atoms with Crippen LogP contribution in [0.3, 0.4) is 0 Å². The van der Waals surface area contributed by atoms with E-state index < -0.39 is 0 Å². The molecule has 1 aromatic carbocycles. The van der Waals surface area contributed by atoms with E-state index in [0.29, 0.717) is 19.8 Å². The lowest BCUT2D eigenvalue weighted by molar-refractivity contribution is -0.0559. The quantitative estimate of drug-likeness (QED) is 0.879. The second kappa shape index (κ2) is 4.24. The molecular weight excluding hydrogens is 226 g/mol. The van der Waals surface area contributed by atoms with E-state index in [1.54, 1.807) is 7.11 Å². The van der Waals surface area contributed by atoms with Gasteiger partial charge in [-0.05, 0) is 24.6 Å². The fourth-order valence-corrected chi connectivity index (χ4v) is 2.13. The molecule has 1 aliphatic rings. The second-order valence-corrected chi connectivity index (χ2v) is 4.69. The molecule has 0 atom stereocenters. The van der Waals surface area contributed by atoms with Crippen LogP contribution in [-0.2, 0) is 10.2 Å². The molecule has 0 unspecified atom stereocenters. The van der Waals surface area contributed by atoms with E-state index in [0.717, 1.165) is 21.9 Å². The zero-order valence-electron chi connectivity index (χ0n) is 9.55. The molecule has 1 aliphatic heterocycles. The minimum Gasteiger partial charge on any atom is -0.496 e. The van der Waals surface area contributed by atoms with Gasteiger partial charge in [0.25, 0.3) is 0 Å². The summed E-state index contributed by atoms with van der Waals surface area (Å²) >= 11 is 6.15. The molecule has 1 saturated heterocycles. The average molecular weight is 242 g/mol. The van der Waals surface area contributed by atoms with Crippen LogP contribution in [0.2, 0.25) is 5.02 Å². The Labute approximate surface area is 100 Å². The van der Waals surface area contributed by atoms with Crippen LogP contribution in [-0.4, -0.2) is 26.9 Å². The van der Waals surface area contributed by atoms with Crippen LogP contribution in [0.5, 0.6) is 5.75 Å². The van der Waals surface area contributed by atoms with Crippen LogP contribution in [0.1, 0.15) is 11.1 Å². The number of ether oxygens (including phenoxy) is 2. The van der Waals surface area contributed by atoms with Crippen molar-refractivity contribution < 1.29 is 9.47 Å². The van der Waals surface area contributed by atoms with E-state index in [4.69, 9.17) is 26.8 Å². The molecule has 1 aromatic rings. The lowest BCUT2D eigenvalue weighted by atomic mass is 9.78. The van der Waals surface area contributed by atoms with Gasteiger partial charge in [0.05, 0.1) is 25.7 Å². The Morgan fingerprint density at radius 3 is 2.62 bits per heavy atom. The molecule has 0 aliphatic carbocycles. The molecule has 2 N–H and O–H groups in total. The molecule has 0 spiro atoms. The van der Waals surface area contributed by atoms with Crippen LogP contribution in [0.15, 0.2) is 12.1 Å². The molecule has 88 valence electrons. The third-order valence-corrected chi connectivity index (χ3v) is 3.61. The third-order valence-electron chi connectivity index (χ3n) is 3.20. The van der Waals surface area contributed by atoms with Gasteiger partial charge in [-0.15, -0.1) is 0 Å². The molecule has 3 nitrogen and oxygen atoms in total. The molecule has 0 radical (unpaired) electrons. The topological polar surface area (TPSA) is 44.5 Å². The van der Waals surface area contributed by atoms with Gasteiger partial charge in [0, 0.05) is 17.1 Å². The van der Waals surface area contributed by atoms with Crippen molar-refractivity contribution in [2.45, 2.75) is 12.3 Å². The van der Waals surface area contributed by atoms with E-state index in [-0.39, 0.29) is 5.41 Å². The van der Waals surface area contributed by atoms with E-state index in [9.17, 15) is 0 Å². The van der Waals surface area contributed by atoms with Crippen LogP contribution in [0, 0.1) is 6.92 Å².